The van der Waals surface area contributed by atoms with Crippen LogP contribution < -0.4 is 5.32 Å². The lowest BCUT2D eigenvalue weighted by atomic mass is 10.3. The smallest absolute Gasteiger partial charge is 0.262 e. The summed E-state index contributed by atoms with van der Waals surface area (Å²) in [4.78, 5) is 26.5. The van der Waals surface area contributed by atoms with Crippen molar-refractivity contribution in [1.82, 2.24) is 24.7 Å². The minimum absolute atomic E-state index is 0.106. The summed E-state index contributed by atoms with van der Waals surface area (Å²) in [6.45, 7) is 1.90. The van der Waals surface area contributed by atoms with Crippen molar-refractivity contribution in [2.45, 2.75) is 13.0 Å². The van der Waals surface area contributed by atoms with Crippen molar-refractivity contribution in [2.75, 3.05) is 0 Å². The number of rotatable bonds is 3. The summed E-state index contributed by atoms with van der Waals surface area (Å²) in [6.07, 6.45) is 5.38. The molecule has 0 spiro atoms. The molecule has 0 saturated heterocycles. The van der Waals surface area contributed by atoms with Gasteiger partial charge in [0.1, 0.15) is 10.7 Å². The molecule has 4 aromatic rings. The number of nitrogens with zero attached hydrogens (tertiary/aromatic N) is 3. The number of fused-ring (bicyclic) bond motifs is 3. The number of hydrogen-bond donors (Lipinski definition) is 2. The summed E-state index contributed by atoms with van der Waals surface area (Å²) in [5, 5.41) is 4.92. The van der Waals surface area contributed by atoms with Gasteiger partial charge in [-0.05, 0) is 13.0 Å². The molecule has 8 heteroatoms. The van der Waals surface area contributed by atoms with Crippen LogP contribution in [0.4, 0.5) is 0 Å². The van der Waals surface area contributed by atoms with Gasteiger partial charge in [-0.25, -0.2) is 9.97 Å². The Kier molecular flexibility index (Phi) is 2.79. The molecule has 0 bridgehead atoms. The van der Waals surface area contributed by atoms with E-state index in [1.54, 1.807) is 23.7 Å². The van der Waals surface area contributed by atoms with Crippen LogP contribution in [0, 0.1) is 0 Å². The molecule has 21 heavy (non-hydrogen) atoms. The number of amides is 1. The summed E-state index contributed by atoms with van der Waals surface area (Å²) in [7, 11) is 0. The van der Waals surface area contributed by atoms with Crippen LogP contribution in [-0.2, 0) is 0 Å². The van der Waals surface area contributed by atoms with E-state index in [2.05, 4.69) is 20.3 Å². The minimum Gasteiger partial charge on any atom is -0.347 e. The highest BCUT2D eigenvalue weighted by Gasteiger charge is 2.17. The van der Waals surface area contributed by atoms with E-state index in [-0.39, 0.29) is 11.9 Å². The number of nitrogens with one attached hydrogen (secondary N) is 2. The van der Waals surface area contributed by atoms with Gasteiger partial charge in [-0.2, -0.15) is 0 Å². The molecule has 1 amide bonds. The summed E-state index contributed by atoms with van der Waals surface area (Å²) in [5.41, 5.74) is 0.979. The highest BCUT2D eigenvalue weighted by atomic mass is 32.1. The number of carbonyl (C=O) groups is 1. The van der Waals surface area contributed by atoms with E-state index in [0.29, 0.717) is 4.88 Å². The summed E-state index contributed by atoms with van der Waals surface area (Å²) in [6, 6.07) is 1.72. The van der Waals surface area contributed by atoms with Gasteiger partial charge in [0, 0.05) is 24.0 Å². The van der Waals surface area contributed by atoms with Crippen molar-refractivity contribution in [3.63, 3.8) is 0 Å². The number of H-pyrrole nitrogens is 1. The van der Waals surface area contributed by atoms with E-state index in [1.165, 1.54) is 11.3 Å². The average molecular weight is 317 g/mol. The highest BCUT2D eigenvalue weighted by Crippen LogP contribution is 2.28. The largest absolute Gasteiger partial charge is 0.347 e. The first-order chi connectivity index (χ1) is 10.2. The predicted molar refractivity (Wildman–Crippen MR) is 82.9 cm³/mol. The molecule has 4 heterocycles. The Morgan fingerprint density at radius 2 is 2.43 bits per heavy atom. The quantitative estimate of drug-likeness (QED) is 0.610. The zero-order chi connectivity index (χ0) is 14.4. The van der Waals surface area contributed by atoms with Gasteiger partial charge in [-0.1, -0.05) is 0 Å². The third-order valence-electron chi connectivity index (χ3n) is 3.24. The normalized spacial score (nSPS) is 13.0. The zero-order valence-corrected chi connectivity index (χ0v) is 12.7. The maximum absolute atomic E-state index is 12.3. The molecule has 0 aliphatic carbocycles. The Balaban J connectivity index is 1.63. The van der Waals surface area contributed by atoms with Crippen LogP contribution in [0.3, 0.4) is 0 Å². The lowest BCUT2D eigenvalue weighted by Gasteiger charge is -2.09. The average Bonchev–Trinajstić information content (AvgIpc) is 3.20. The molecule has 0 saturated carbocycles. The van der Waals surface area contributed by atoms with E-state index in [4.69, 9.17) is 0 Å². The number of thiazole rings is 1. The van der Waals surface area contributed by atoms with Crippen molar-refractivity contribution in [1.29, 1.82) is 0 Å². The Bertz CT molecular complexity index is 917. The van der Waals surface area contributed by atoms with E-state index >= 15 is 0 Å². The SMILES string of the molecule is CC(NC(=O)c1cc2c(nc3sccn32)s1)c1ncc[nH]1. The fraction of sp³-hybridized carbons (Fsp3) is 0.154. The van der Waals surface area contributed by atoms with Gasteiger partial charge in [-0.15, -0.1) is 22.7 Å². The van der Waals surface area contributed by atoms with Gasteiger partial charge in [0.05, 0.1) is 16.4 Å². The van der Waals surface area contributed by atoms with Crippen LogP contribution in [0.25, 0.3) is 15.3 Å². The third-order valence-corrected chi connectivity index (χ3v) is 5.01. The molecule has 4 rings (SSSR count). The van der Waals surface area contributed by atoms with E-state index in [1.807, 2.05) is 29.0 Å². The third kappa shape index (κ3) is 2.03. The molecule has 1 atom stereocenters. The van der Waals surface area contributed by atoms with Crippen LogP contribution in [0.15, 0.2) is 30.0 Å². The van der Waals surface area contributed by atoms with Crippen molar-refractivity contribution >= 4 is 43.9 Å². The number of carbonyl (C=O) groups excluding carboxylic acids is 1. The zero-order valence-electron chi connectivity index (χ0n) is 11.0. The Labute approximate surface area is 127 Å². The first kappa shape index (κ1) is 12.5. The van der Waals surface area contributed by atoms with E-state index < -0.39 is 0 Å². The molecular weight excluding hydrogens is 306 g/mol. The second kappa shape index (κ2) is 4.68. The van der Waals surface area contributed by atoms with E-state index in [9.17, 15) is 4.79 Å². The van der Waals surface area contributed by atoms with Gasteiger partial charge in [0.2, 0.25) is 0 Å². The van der Waals surface area contributed by atoms with Crippen molar-refractivity contribution < 1.29 is 4.79 Å². The summed E-state index contributed by atoms with van der Waals surface area (Å²) in [5.74, 6) is 0.637. The van der Waals surface area contributed by atoms with Crippen molar-refractivity contribution in [3.05, 3.63) is 40.7 Å². The second-order valence-electron chi connectivity index (χ2n) is 4.64. The standard InChI is InChI=1S/C13H11N5OS2/c1-7(10-14-2-3-15-10)16-11(19)9-6-8-12(21-9)17-13-18(8)4-5-20-13/h2-7H,1H3,(H,14,15)(H,16,19). The molecule has 6 nitrogen and oxygen atoms in total. The van der Waals surface area contributed by atoms with Crippen LogP contribution in [-0.4, -0.2) is 25.3 Å². The fourth-order valence-corrected chi connectivity index (χ4v) is 3.91. The first-order valence-corrected chi connectivity index (χ1v) is 8.07. The highest BCUT2D eigenvalue weighted by molar-refractivity contribution is 7.21. The molecule has 106 valence electrons. The maximum atomic E-state index is 12.3. The predicted octanol–water partition coefficient (Wildman–Crippen LogP) is 2.82. The van der Waals surface area contributed by atoms with Gasteiger partial charge in [0.25, 0.3) is 5.91 Å². The van der Waals surface area contributed by atoms with E-state index in [0.717, 1.165) is 21.1 Å². The molecule has 0 fully saturated rings. The van der Waals surface area contributed by atoms with Crippen LogP contribution in [0.2, 0.25) is 0 Å². The molecule has 2 N–H and O–H groups in total. The summed E-state index contributed by atoms with van der Waals surface area (Å²) < 4.78 is 2.00. The number of thiophene rings is 1. The topological polar surface area (TPSA) is 75.1 Å². The number of hydrogen-bond acceptors (Lipinski definition) is 5. The molecule has 0 radical (unpaired) electrons. The molecule has 0 aliphatic rings. The molecule has 1 unspecified atom stereocenters. The molecule has 4 aromatic heterocycles. The number of aromatic nitrogens is 4. The Morgan fingerprint density at radius 1 is 1.52 bits per heavy atom. The van der Waals surface area contributed by atoms with Gasteiger partial charge < -0.3 is 10.3 Å². The van der Waals surface area contributed by atoms with Gasteiger partial charge in [0.15, 0.2) is 4.96 Å². The summed E-state index contributed by atoms with van der Waals surface area (Å²) >= 11 is 2.99. The van der Waals surface area contributed by atoms with Crippen LogP contribution >= 0.6 is 22.7 Å². The van der Waals surface area contributed by atoms with Crippen molar-refractivity contribution in [3.8, 4) is 0 Å². The molecule has 0 aliphatic heterocycles. The number of imidazole rings is 2. The fourth-order valence-electron chi connectivity index (χ4n) is 2.21. The molecular formula is C13H11N5OS2. The maximum Gasteiger partial charge on any atom is 0.262 e. The monoisotopic (exact) mass is 317 g/mol. The van der Waals surface area contributed by atoms with Gasteiger partial charge >= 0.3 is 0 Å². The lowest BCUT2D eigenvalue weighted by Crippen LogP contribution is -2.26. The second-order valence-corrected chi connectivity index (χ2v) is 6.54. The number of aromatic amines is 1. The van der Waals surface area contributed by atoms with Crippen LogP contribution in [0.1, 0.15) is 28.5 Å². The Morgan fingerprint density at radius 3 is 3.24 bits per heavy atom. The molecule has 0 aromatic carbocycles. The van der Waals surface area contributed by atoms with Crippen LogP contribution in [0.5, 0.6) is 0 Å². The van der Waals surface area contributed by atoms with Crippen molar-refractivity contribution in [2.24, 2.45) is 0 Å². The minimum atomic E-state index is -0.161. The lowest BCUT2D eigenvalue weighted by molar-refractivity contribution is 0.0942. The Hall–Kier alpha value is -2.19. The first-order valence-electron chi connectivity index (χ1n) is 6.37. The van der Waals surface area contributed by atoms with Gasteiger partial charge in [-0.3, -0.25) is 9.20 Å².